The molecule has 0 aromatic heterocycles. The van der Waals surface area contributed by atoms with Crippen molar-refractivity contribution in [1.29, 1.82) is 0 Å². The lowest BCUT2D eigenvalue weighted by Gasteiger charge is -2.39. The number of methoxy groups -OCH3 is 1. The van der Waals surface area contributed by atoms with Gasteiger partial charge in [-0.3, -0.25) is 9.59 Å². The van der Waals surface area contributed by atoms with E-state index in [1.165, 1.54) is 12.0 Å². The van der Waals surface area contributed by atoms with Crippen LogP contribution in [0.5, 0.6) is 0 Å². The normalized spacial score (nSPS) is 19.0. The van der Waals surface area contributed by atoms with Crippen molar-refractivity contribution in [2.45, 2.75) is 13.0 Å². The van der Waals surface area contributed by atoms with Gasteiger partial charge in [-0.2, -0.15) is 0 Å². The molecule has 1 aromatic carbocycles. The van der Waals surface area contributed by atoms with Crippen LogP contribution in [-0.2, 0) is 14.3 Å². The molecular formula is C14H16Cl2N2O3. The van der Waals surface area contributed by atoms with Crippen molar-refractivity contribution in [3.05, 3.63) is 28.2 Å². The highest BCUT2D eigenvalue weighted by Gasteiger charge is 2.35. The summed E-state index contributed by atoms with van der Waals surface area (Å²) in [4.78, 5) is 27.5. The zero-order chi connectivity index (χ0) is 15.6. The number of nitrogens with zero attached hydrogens (tertiary/aromatic N) is 2. The van der Waals surface area contributed by atoms with E-state index in [1.54, 1.807) is 30.0 Å². The summed E-state index contributed by atoms with van der Waals surface area (Å²) in [5, 5.41) is 0.929. The molecule has 1 atom stereocenters. The third-order valence-electron chi connectivity index (χ3n) is 3.44. The monoisotopic (exact) mass is 330 g/mol. The first kappa shape index (κ1) is 16.1. The number of halogens is 2. The van der Waals surface area contributed by atoms with E-state index in [-0.39, 0.29) is 18.4 Å². The van der Waals surface area contributed by atoms with Gasteiger partial charge in [0.1, 0.15) is 12.6 Å². The SMILES string of the molecule is COCC(=O)N1CCN(c2ccc(Cl)cc2Cl)C(=O)C1C. The number of ether oxygens (including phenoxy) is 1. The fraction of sp³-hybridized carbons (Fsp3) is 0.429. The van der Waals surface area contributed by atoms with Gasteiger partial charge in [-0.25, -0.2) is 0 Å². The Balaban J connectivity index is 2.19. The molecule has 1 aromatic rings. The van der Waals surface area contributed by atoms with Crippen molar-refractivity contribution < 1.29 is 14.3 Å². The van der Waals surface area contributed by atoms with Gasteiger partial charge in [0.15, 0.2) is 0 Å². The van der Waals surface area contributed by atoms with E-state index in [0.717, 1.165) is 0 Å². The van der Waals surface area contributed by atoms with E-state index in [9.17, 15) is 9.59 Å². The molecule has 1 fully saturated rings. The van der Waals surface area contributed by atoms with E-state index in [4.69, 9.17) is 27.9 Å². The van der Waals surface area contributed by atoms with Crippen LogP contribution < -0.4 is 4.90 Å². The molecule has 5 nitrogen and oxygen atoms in total. The fourth-order valence-corrected chi connectivity index (χ4v) is 2.87. The van der Waals surface area contributed by atoms with Gasteiger partial charge in [0.2, 0.25) is 11.8 Å². The number of hydrogen-bond donors (Lipinski definition) is 0. The number of benzene rings is 1. The molecule has 1 heterocycles. The van der Waals surface area contributed by atoms with E-state index in [1.807, 2.05) is 0 Å². The van der Waals surface area contributed by atoms with Crippen LogP contribution in [0.3, 0.4) is 0 Å². The summed E-state index contributed by atoms with van der Waals surface area (Å²) in [6, 6.07) is 4.44. The van der Waals surface area contributed by atoms with E-state index in [2.05, 4.69) is 0 Å². The van der Waals surface area contributed by atoms with Crippen LogP contribution in [0.4, 0.5) is 5.69 Å². The number of piperazine rings is 1. The number of hydrogen-bond acceptors (Lipinski definition) is 3. The van der Waals surface area contributed by atoms with E-state index >= 15 is 0 Å². The smallest absolute Gasteiger partial charge is 0.249 e. The predicted molar refractivity (Wildman–Crippen MR) is 81.9 cm³/mol. The lowest BCUT2D eigenvalue weighted by atomic mass is 10.1. The van der Waals surface area contributed by atoms with Crippen LogP contribution in [-0.4, -0.2) is 49.6 Å². The van der Waals surface area contributed by atoms with Crippen molar-refractivity contribution in [1.82, 2.24) is 4.90 Å². The molecule has 0 radical (unpaired) electrons. The van der Waals surface area contributed by atoms with Crippen LogP contribution in [0.25, 0.3) is 0 Å². The molecule has 114 valence electrons. The van der Waals surface area contributed by atoms with Crippen LogP contribution in [0.2, 0.25) is 10.0 Å². The lowest BCUT2D eigenvalue weighted by molar-refractivity contribution is -0.143. The molecule has 2 rings (SSSR count). The molecule has 0 bridgehead atoms. The first-order valence-electron chi connectivity index (χ1n) is 6.50. The summed E-state index contributed by atoms with van der Waals surface area (Å²) < 4.78 is 4.83. The fourth-order valence-electron chi connectivity index (χ4n) is 2.36. The highest BCUT2D eigenvalue weighted by Crippen LogP contribution is 2.30. The van der Waals surface area contributed by atoms with Gasteiger partial charge >= 0.3 is 0 Å². The number of carbonyl (C=O) groups excluding carboxylic acids is 2. The molecule has 1 unspecified atom stereocenters. The van der Waals surface area contributed by atoms with Gasteiger partial charge < -0.3 is 14.5 Å². The Hall–Kier alpha value is -1.30. The molecule has 0 aliphatic carbocycles. The Labute approximate surface area is 133 Å². The van der Waals surface area contributed by atoms with Crippen molar-refractivity contribution in [3.63, 3.8) is 0 Å². The molecular weight excluding hydrogens is 315 g/mol. The van der Waals surface area contributed by atoms with Gasteiger partial charge in [0.25, 0.3) is 0 Å². The Morgan fingerprint density at radius 1 is 1.38 bits per heavy atom. The Kier molecular flexibility index (Phi) is 5.08. The van der Waals surface area contributed by atoms with Crippen molar-refractivity contribution in [2.75, 3.05) is 31.7 Å². The quantitative estimate of drug-likeness (QED) is 0.853. The van der Waals surface area contributed by atoms with Gasteiger partial charge in [-0.1, -0.05) is 23.2 Å². The summed E-state index contributed by atoms with van der Waals surface area (Å²) in [6.07, 6.45) is 0. The third kappa shape index (κ3) is 3.31. The molecule has 7 heteroatoms. The minimum Gasteiger partial charge on any atom is -0.375 e. The highest BCUT2D eigenvalue weighted by molar-refractivity contribution is 6.36. The molecule has 0 spiro atoms. The molecule has 21 heavy (non-hydrogen) atoms. The second-order valence-corrected chi connectivity index (χ2v) is 5.63. The maximum atomic E-state index is 12.5. The van der Waals surface area contributed by atoms with Crippen molar-refractivity contribution in [3.8, 4) is 0 Å². The number of rotatable bonds is 3. The molecule has 0 saturated carbocycles. The molecule has 2 amide bonds. The van der Waals surface area contributed by atoms with Crippen molar-refractivity contribution in [2.24, 2.45) is 0 Å². The predicted octanol–water partition coefficient (Wildman–Crippen LogP) is 2.20. The first-order valence-corrected chi connectivity index (χ1v) is 7.26. The lowest BCUT2D eigenvalue weighted by Crippen LogP contribution is -2.58. The van der Waals surface area contributed by atoms with Crippen LogP contribution in [0.15, 0.2) is 18.2 Å². The number of amides is 2. The van der Waals surface area contributed by atoms with Crippen LogP contribution in [0, 0.1) is 0 Å². The zero-order valence-corrected chi connectivity index (χ0v) is 13.3. The van der Waals surface area contributed by atoms with Crippen LogP contribution >= 0.6 is 23.2 Å². The average Bonchev–Trinajstić information content (AvgIpc) is 2.43. The maximum Gasteiger partial charge on any atom is 0.249 e. The first-order chi connectivity index (χ1) is 9.95. The molecule has 0 N–H and O–H groups in total. The van der Waals surface area contributed by atoms with Gasteiger partial charge in [0.05, 0.1) is 10.7 Å². The Morgan fingerprint density at radius 3 is 2.71 bits per heavy atom. The average molecular weight is 331 g/mol. The summed E-state index contributed by atoms with van der Waals surface area (Å²) >= 11 is 12.0. The minimum atomic E-state index is -0.548. The van der Waals surface area contributed by atoms with Crippen LogP contribution in [0.1, 0.15) is 6.92 Å². The largest absolute Gasteiger partial charge is 0.375 e. The van der Waals surface area contributed by atoms with Gasteiger partial charge in [-0.15, -0.1) is 0 Å². The van der Waals surface area contributed by atoms with Gasteiger partial charge in [0, 0.05) is 25.2 Å². The standard InChI is InChI=1S/C14H16Cl2N2O3/c1-9-14(20)18(6-5-17(9)13(19)8-21-2)12-4-3-10(15)7-11(12)16/h3-4,7,9H,5-6,8H2,1-2H3. The molecule has 1 aliphatic rings. The van der Waals surface area contributed by atoms with Gasteiger partial charge in [-0.05, 0) is 25.1 Å². The number of anilines is 1. The summed E-state index contributed by atoms with van der Waals surface area (Å²) in [7, 11) is 1.45. The van der Waals surface area contributed by atoms with Crippen molar-refractivity contribution >= 4 is 40.7 Å². The highest BCUT2D eigenvalue weighted by atomic mass is 35.5. The third-order valence-corrected chi connectivity index (χ3v) is 3.98. The second-order valence-electron chi connectivity index (χ2n) is 4.78. The van der Waals surface area contributed by atoms with E-state index in [0.29, 0.717) is 28.8 Å². The molecule has 1 saturated heterocycles. The summed E-state index contributed by atoms with van der Waals surface area (Å²) in [5.74, 6) is -0.366. The second kappa shape index (κ2) is 6.64. The topological polar surface area (TPSA) is 49.9 Å². The Bertz CT molecular complexity index is 565. The minimum absolute atomic E-state index is 0.0285. The van der Waals surface area contributed by atoms with E-state index < -0.39 is 6.04 Å². The number of carbonyl (C=O) groups is 2. The summed E-state index contributed by atoms with van der Waals surface area (Å²) in [6.45, 7) is 2.50. The zero-order valence-electron chi connectivity index (χ0n) is 11.8. The Morgan fingerprint density at radius 2 is 2.10 bits per heavy atom. The molecule has 1 aliphatic heterocycles. The summed E-state index contributed by atoms with van der Waals surface area (Å²) in [5.41, 5.74) is 0.608. The maximum absolute atomic E-state index is 12.5.